The van der Waals surface area contributed by atoms with Gasteiger partial charge in [0.15, 0.2) is 0 Å². The summed E-state index contributed by atoms with van der Waals surface area (Å²) < 4.78 is 0. The Morgan fingerprint density at radius 2 is 1.68 bits per heavy atom. The van der Waals surface area contributed by atoms with Crippen LogP contribution in [0.3, 0.4) is 0 Å². The van der Waals surface area contributed by atoms with Crippen LogP contribution in [0.2, 0.25) is 0 Å². The SMILES string of the molecule is O=C1CCC(N2Cc3c(CN4CCN(Cc5ccnc(-c6ccccc6)c5)CC4)cccc3C2S)C(=O)N1. The van der Waals surface area contributed by atoms with E-state index in [0.717, 1.165) is 50.5 Å². The van der Waals surface area contributed by atoms with Crippen LogP contribution in [0.4, 0.5) is 0 Å². The van der Waals surface area contributed by atoms with Crippen LogP contribution < -0.4 is 5.32 Å². The van der Waals surface area contributed by atoms with Gasteiger partial charge >= 0.3 is 0 Å². The fourth-order valence-electron chi connectivity index (χ4n) is 5.91. The number of thiol groups is 1. The van der Waals surface area contributed by atoms with E-state index in [1.54, 1.807) is 0 Å². The molecule has 2 unspecified atom stereocenters. The number of piperidine rings is 1. The first kappa shape index (κ1) is 25.2. The molecule has 4 heterocycles. The summed E-state index contributed by atoms with van der Waals surface area (Å²) in [7, 11) is 0. The van der Waals surface area contributed by atoms with Gasteiger partial charge in [-0.1, -0.05) is 48.5 Å². The fraction of sp³-hybridized carbons (Fsp3) is 0.367. The van der Waals surface area contributed by atoms with Gasteiger partial charge in [-0.25, -0.2) is 0 Å². The lowest BCUT2D eigenvalue weighted by atomic mass is 10.0. The third-order valence-corrected chi connectivity index (χ3v) is 8.59. The van der Waals surface area contributed by atoms with Gasteiger partial charge in [0.1, 0.15) is 0 Å². The number of pyridine rings is 1. The normalized spacial score (nSPS) is 22.9. The van der Waals surface area contributed by atoms with E-state index in [-0.39, 0.29) is 23.2 Å². The van der Waals surface area contributed by atoms with Gasteiger partial charge in [0.25, 0.3) is 0 Å². The molecule has 38 heavy (non-hydrogen) atoms. The maximum atomic E-state index is 12.5. The molecule has 3 aliphatic heterocycles. The monoisotopic (exact) mass is 527 g/mol. The smallest absolute Gasteiger partial charge is 0.243 e. The van der Waals surface area contributed by atoms with E-state index < -0.39 is 0 Å². The number of hydrogen-bond acceptors (Lipinski definition) is 7. The molecule has 3 aromatic rings. The second kappa shape index (κ2) is 11.0. The number of carbonyl (C=O) groups is 2. The maximum Gasteiger partial charge on any atom is 0.243 e. The molecule has 0 radical (unpaired) electrons. The van der Waals surface area contributed by atoms with Crippen LogP contribution in [-0.2, 0) is 29.2 Å². The molecule has 2 saturated heterocycles. The molecule has 1 N–H and O–H groups in total. The van der Waals surface area contributed by atoms with Crippen LogP contribution in [0.15, 0.2) is 66.9 Å². The highest BCUT2D eigenvalue weighted by Gasteiger charge is 2.39. The summed E-state index contributed by atoms with van der Waals surface area (Å²) in [5.74, 6) is -0.380. The number of imide groups is 1. The highest BCUT2D eigenvalue weighted by molar-refractivity contribution is 7.80. The van der Waals surface area contributed by atoms with Gasteiger partial charge in [0.2, 0.25) is 11.8 Å². The topological polar surface area (TPSA) is 68.8 Å². The molecular formula is C30H33N5O2S. The molecule has 6 rings (SSSR count). The Morgan fingerprint density at radius 3 is 2.45 bits per heavy atom. The zero-order valence-corrected chi connectivity index (χ0v) is 22.3. The maximum absolute atomic E-state index is 12.5. The number of fused-ring (bicyclic) bond motifs is 1. The number of piperazine rings is 1. The summed E-state index contributed by atoms with van der Waals surface area (Å²) in [6.45, 7) is 6.60. The van der Waals surface area contributed by atoms with Gasteiger partial charge < -0.3 is 0 Å². The average Bonchev–Trinajstić information content (AvgIpc) is 3.27. The molecule has 1 aromatic heterocycles. The highest BCUT2D eigenvalue weighted by atomic mass is 32.1. The summed E-state index contributed by atoms with van der Waals surface area (Å²) in [5.41, 5.74) is 7.24. The van der Waals surface area contributed by atoms with E-state index in [1.807, 2.05) is 24.4 Å². The van der Waals surface area contributed by atoms with Crippen molar-refractivity contribution in [2.24, 2.45) is 0 Å². The molecule has 3 aliphatic rings. The zero-order chi connectivity index (χ0) is 26.1. The summed E-state index contributed by atoms with van der Waals surface area (Å²) in [5, 5.41) is 2.36. The Hall–Kier alpha value is -3.04. The Morgan fingerprint density at radius 1 is 0.921 bits per heavy atom. The molecule has 7 nitrogen and oxygen atoms in total. The van der Waals surface area contributed by atoms with Gasteiger partial charge in [-0.3, -0.25) is 34.6 Å². The van der Waals surface area contributed by atoms with Gasteiger partial charge in [-0.05, 0) is 40.8 Å². The Balaban J connectivity index is 1.07. The molecule has 2 atom stereocenters. The summed E-state index contributed by atoms with van der Waals surface area (Å²) in [6.07, 6.45) is 2.85. The predicted molar refractivity (Wildman–Crippen MR) is 150 cm³/mol. The van der Waals surface area contributed by atoms with E-state index in [4.69, 9.17) is 12.6 Å². The number of aromatic nitrogens is 1. The van der Waals surface area contributed by atoms with Crippen molar-refractivity contribution in [3.05, 3.63) is 89.1 Å². The van der Waals surface area contributed by atoms with E-state index in [9.17, 15) is 9.59 Å². The number of rotatable bonds is 6. The van der Waals surface area contributed by atoms with Crippen molar-refractivity contribution in [1.82, 2.24) is 25.0 Å². The third-order valence-electron chi connectivity index (χ3n) is 8.01. The minimum atomic E-state index is -0.311. The van der Waals surface area contributed by atoms with Gasteiger partial charge in [-0.15, -0.1) is 0 Å². The lowest BCUT2D eigenvalue weighted by Crippen LogP contribution is -2.51. The summed E-state index contributed by atoms with van der Waals surface area (Å²) in [6, 6.07) is 20.8. The van der Waals surface area contributed by atoms with Gasteiger partial charge in [0.05, 0.1) is 17.1 Å². The Labute approximate surface area is 229 Å². The molecule has 2 amide bonds. The zero-order valence-electron chi connectivity index (χ0n) is 21.4. The van der Waals surface area contributed by atoms with Crippen LogP contribution in [0.5, 0.6) is 0 Å². The van der Waals surface area contributed by atoms with E-state index in [1.165, 1.54) is 22.3 Å². The van der Waals surface area contributed by atoms with E-state index in [2.05, 4.69) is 67.5 Å². The predicted octanol–water partition coefficient (Wildman–Crippen LogP) is 3.62. The van der Waals surface area contributed by atoms with Crippen LogP contribution in [0.1, 0.15) is 40.5 Å². The van der Waals surface area contributed by atoms with Crippen LogP contribution >= 0.6 is 12.6 Å². The lowest BCUT2D eigenvalue weighted by molar-refractivity contribution is -0.137. The molecule has 0 saturated carbocycles. The molecule has 0 spiro atoms. The molecule has 0 aliphatic carbocycles. The molecule has 8 heteroatoms. The highest BCUT2D eigenvalue weighted by Crippen LogP contribution is 2.40. The van der Waals surface area contributed by atoms with Crippen molar-refractivity contribution in [3.63, 3.8) is 0 Å². The van der Waals surface area contributed by atoms with Crippen molar-refractivity contribution in [2.75, 3.05) is 26.2 Å². The van der Waals surface area contributed by atoms with Crippen molar-refractivity contribution in [2.45, 2.75) is 43.9 Å². The van der Waals surface area contributed by atoms with Gasteiger partial charge in [0, 0.05) is 64.0 Å². The van der Waals surface area contributed by atoms with E-state index >= 15 is 0 Å². The largest absolute Gasteiger partial charge is 0.297 e. The first-order valence-electron chi connectivity index (χ1n) is 13.4. The molecule has 196 valence electrons. The molecular weight excluding hydrogens is 494 g/mol. The number of amides is 2. The molecule has 2 fully saturated rings. The number of nitrogens with zero attached hydrogens (tertiary/aromatic N) is 4. The third kappa shape index (κ3) is 5.27. The number of carbonyl (C=O) groups excluding carboxylic acids is 2. The van der Waals surface area contributed by atoms with Crippen LogP contribution in [-0.4, -0.2) is 63.7 Å². The Bertz CT molecular complexity index is 1330. The summed E-state index contributed by atoms with van der Waals surface area (Å²) in [4.78, 5) is 35.9. The molecule has 2 aromatic carbocycles. The van der Waals surface area contributed by atoms with Crippen molar-refractivity contribution >= 4 is 24.4 Å². The second-order valence-corrected chi connectivity index (χ2v) is 11.0. The first-order chi connectivity index (χ1) is 18.5. The lowest BCUT2D eigenvalue weighted by Gasteiger charge is -2.35. The van der Waals surface area contributed by atoms with Crippen LogP contribution in [0.25, 0.3) is 11.3 Å². The number of benzene rings is 2. The summed E-state index contributed by atoms with van der Waals surface area (Å²) >= 11 is 4.88. The average molecular weight is 528 g/mol. The minimum Gasteiger partial charge on any atom is -0.297 e. The van der Waals surface area contributed by atoms with Crippen molar-refractivity contribution < 1.29 is 9.59 Å². The number of nitrogens with one attached hydrogen (secondary N) is 1. The Kier molecular flexibility index (Phi) is 7.30. The minimum absolute atomic E-state index is 0.133. The van der Waals surface area contributed by atoms with E-state index in [0.29, 0.717) is 19.4 Å². The standard InChI is InChI=1S/C30H33N5O2S/c36-28-10-9-27(29(37)32-28)35-20-25-23(7-4-8-24(25)30(35)38)19-34-15-13-33(14-16-34)18-21-11-12-31-26(17-21)22-5-2-1-3-6-22/h1-8,11-12,17,27,30,38H,9-10,13-16,18-20H2,(H,32,36,37). The van der Waals surface area contributed by atoms with Crippen molar-refractivity contribution in [3.8, 4) is 11.3 Å². The van der Waals surface area contributed by atoms with Crippen LogP contribution in [0, 0.1) is 0 Å². The van der Waals surface area contributed by atoms with Crippen molar-refractivity contribution in [1.29, 1.82) is 0 Å². The first-order valence-corrected chi connectivity index (χ1v) is 13.9. The molecule has 0 bridgehead atoms. The van der Waals surface area contributed by atoms with Gasteiger partial charge in [-0.2, -0.15) is 12.6 Å². The second-order valence-electron chi connectivity index (χ2n) is 10.5. The quantitative estimate of drug-likeness (QED) is 0.377. The fourth-order valence-corrected chi connectivity index (χ4v) is 6.39. The number of hydrogen-bond donors (Lipinski definition) is 2.